The van der Waals surface area contributed by atoms with E-state index in [1.807, 2.05) is 16.3 Å². The number of H-pyrrole nitrogens is 1. The highest BCUT2D eigenvalue weighted by molar-refractivity contribution is 7.13. The van der Waals surface area contributed by atoms with Gasteiger partial charge in [-0.3, -0.25) is 5.10 Å². The molecule has 0 aliphatic carbocycles. The Bertz CT molecular complexity index is 853. The largest absolute Gasteiger partial charge is 0.323 e. The molecule has 25 heavy (non-hydrogen) atoms. The molecule has 6 nitrogen and oxygen atoms in total. The molecular weight excluding hydrogens is 334 g/mol. The van der Waals surface area contributed by atoms with Crippen molar-refractivity contribution in [3.05, 3.63) is 53.7 Å². The molecule has 0 saturated carbocycles. The molecule has 2 aromatic heterocycles. The maximum Gasteiger partial charge on any atom is 0.322 e. The van der Waals surface area contributed by atoms with Crippen LogP contribution < -0.4 is 5.32 Å². The molecule has 1 fully saturated rings. The first kappa shape index (κ1) is 15.8. The van der Waals surface area contributed by atoms with Crippen molar-refractivity contribution in [2.24, 2.45) is 0 Å². The second kappa shape index (κ2) is 6.33. The van der Waals surface area contributed by atoms with Crippen molar-refractivity contribution < 1.29 is 4.79 Å². The number of aromatic nitrogens is 3. The standard InChI is InChI=1S/C18H19N5OS/c1-2-18(13-6-4-3-5-7-13)11-23(12-18)17(24)21-14-10-20-22-15(14)16-19-8-9-25-16/h3-10H,2,11-12H2,1H3,(H,20,22)(H,21,24). The second-order valence-corrected chi connectivity index (χ2v) is 7.18. The molecule has 0 atom stereocenters. The summed E-state index contributed by atoms with van der Waals surface area (Å²) in [5, 5.41) is 12.6. The number of hydrogen-bond acceptors (Lipinski definition) is 4. The van der Waals surface area contributed by atoms with Crippen LogP contribution in [0, 0.1) is 0 Å². The number of rotatable bonds is 4. The third-order valence-electron chi connectivity index (χ3n) is 4.86. The maximum absolute atomic E-state index is 12.6. The van der Waals surface area contributed by atoms with E-state index in [0.29, 0.717) is 5.69 Å². The summed E-state index contributed by atoms with van der Waals surface area (Å²) in [5.74, 6) is 0. The van der Waals surface area contributed by atoms with Crippen LogP contribution in [-0.2, 0) is 5.41 Å². The average Bonchev–Trinajstić information content (AvgIpc) is 3.26. The lowest BCUT2D eigenvalue weighted by Gasteiger charge is -2.50. The van der Waals surface area contributed by atoms with Crippen LogP contribution in [0.5, 0.6) is 0 Å². The van der Waals surface area contributed by atoms with Crippen molar-refractivity contribution >= 4 is 23.1 Å². The number of nitrogens with one attached hydrogen (secondary N) is 2. The zero-order valence-corrected chi connectivity index (χ0v) is 14.7. The number of carbonyl (C=O) groups is 1. The molecule has 1 aromatic carbocycles. The van der Waals surface area contributed by atoms with Gasteiger partial charge in [0.15, 0.2) is 0 Å². The number of carbonyl (C=O) groups excluding carboxylic acids is 1. The first-order valence-corrected chi connectivity index (χ1v) is 9.14. The number of amides is 2. The van der Waals surface area contributed by atoms with Gasteiger partial charge in [0.25, 0.3) is 0 Å². The lowest BCUT2D eigenvalue weighted by Crippen LogP contribution is -2.61. The van der Waals surface area contributed by atoms with Gasteiger partial charge in [0, 0.05) is 30.1 Å². The molecule has 2 N–H and O–H groups in total. The number of hydrogen-bond donors (Lipinski definition) is 2. The van der Waals surface area contributed by atoms with Crippen LogP contribution in [0.25, 0.3) is 10.7 Å². The molecule has 3 heterocycles. The van der Waals surface area contributed by atoms with Crippen LogP contribution in [0.1, 0.15) is 18.9 Å². The van der Waals surface area contributed by atoms with Crippen molar-refractivity contribution in [3.8, 4) is 10.7 Å². The summed E-state index contributed by atoms with van der Waals surface area (Å²) in [6.45, 7) is 3.63. The summed E-state index contributed by atoms with van der Waals surface area (Å²) in [6, 6.07) is 10.3. The van der Waals surface area contributed by atoms with E-state index in [4.69, 9.17) is 0 Å². The van der Waals surface area contributed by atoms with Crippen LogP contribution in [0.2, 0.25) is 0 Å². The van der Waals surface area contributed by atoms with Gasteiger partial charge < -0.3 is 10.2 Å². The number of anilines is 1. The highest BCUT2D eigenvalue weighted by Gasteiger charge is 2.45. The topological polar surface area (TPSA) is 73.9 Å². The molecule has 0 radical (unpaired) electrons. The zero-order chi connectivity index (χ0) is 17.3. The van der Waals surface area contributed by atoms with Crippen LogP contribution in [0.3, 0.4) is 0 Å². The predicted molar refractivity (Wildman–Crippen MR) is 98.7 cm³/mol. The smallest absolute Gasteiger partial charge is 0.322 e. The normalized spacial score (nSPS) is 15.6. The first-order chi connectivity index (χ1) is 12.2. The van der Waals surface area contributed by atoms with E-state index in [9.17, 15) is 4.79 Å². The molecule has 4 rings (SSSR count). The molecule has 2 amide bonds. The van der Waals surface area contributed by atoms with Gasteiger partial charge in [-0.05, 0) is 12.0 Å². The third kappa shape index (κ3) is 2.80. The first-order valence-electron chi connectivity index (χ1n) is 8.26. The van der Waals surface area contributed by atoms with E-state index in [2.05, 4.69) is 51.7 Å². The lowest BCUT2D eigenvalue weighted by molar-refractivity contribution is 0.0968. The number of nitrogens with zero attached hydrogens (tertiary/aromatic N) is 3. The van der Waals surface area contributed by atoms with Crippen LogP contribution in [0.4, 0.5) is 10.5 Å². The Hall–Kier alpha value is -2.67. The summed E-state index contributed by atoms with van der Waals surface area (Å²) < 4.78 is 0. The Balaban J connectivity index is 1.45. The number of urea groups is 1. The Kier molecular flexibility index (Phi) is 4.01. The van der Waals surface area contributed by atoms with Gasteiger partial charge >= 0.3 is 6.03 Å². The molecule has 1 saturated heterocycles. The van der Waals surface area contributed by atoms with E-state index in [-0.39, 0.29) is 11.4 Å². The van der Waals surface area contributed by atoms with Crippen molar-refractivity contribution in [1.82, 2.24) is 20.1 Å². The van der Waals surface area contributed by atoms with Gasteiger partial charge in [-0.1, -0.05) is 37.3 Å². The van der Waals surface area contributed by atoms with Crippen LogP contribution in [-0.4, -0.2) is 39.2 Å². The second-order valence-electron chi connectivity index (χ2n) is 6.28. The Labute approximate surface area is 149 Å². The molecule has 0 bridgehead atoms. The summed E-state index contributed by atoms with van der Waals surface area (Å²) in [4.78, 5) is 18.7. The van der Waals surface area contributed by atoms with Crippen molar-refractivity contribution in [3.63, 3.8) is 0 Å². The van der Waals surface area contributed by atoms with Gasteiger partial charge in [-0.25, -0.2) is 9.78 Å². The molecule has 0 spiro atoms. The van der Waals surface area contributed by atoms with Gasteiger partial charge in [0.1, 0.15) is 10.7 Å². The quantitative estimate of drug-likeness (QED) is 0.750. The molecule has 0 unspecified atom stereocenters. The zero-order valence-electron chi connectivity index (χ0n) is 13.9. The van der Waals surface area contributed by atoms with E-state index >= 15 is 0 Å². The minimum atomic E-state index is -0.0980. The number of aromatic amines is 1. The monoisotopic (exact) mass is 353 g/mol. The SMILES string of the molecule is CCC1(c2ccccc2)CN(C(=O)Nc2cn[nH]c2-c2nccs2)C1. The average molecular weight is 353 g/mol. The van der Waals surface area contributed by atoms with E-state index in [1.165, 1.54) is 16.9 Å². The molecule has 1 aliphatic heterocycles. The molecular formula is C18H19N5OS. The highest BCUT2D eigenvalue weighted by atomic mass is 32.1. The minimum absolute atomic E-state index is 0.0626. The predicted octanol–water partition coefficient (Wildman–Crippen LogP) is 3.73. The van der Waals surface area contributed by atoms with Gasteiger partial charge in [0.05, 0.1) is 11.9 Å². The molecule has 3 aromatic rings. The summed E-state index contributed by atoms with van der Waals surface area (Å²) >= 11 is 1.50. The number of likely N-dealkylation sites (tertiary alicyclic amines) is 1. The van der Waals surface area contributed by atoms with E-state index in [0.717, 1.165) is 30.2 Å². The van der Waals surface area contributed by atoms with Gasteiger partial charge in [-0.2, -0.15) is 5.10 Å². The van der Waals surface area contributed by atoms with E-state index < -0.39 is 0 Å². The Morgan fingerprint density at radius 3 is 2.84 bits per heavy atom. The summed E-state index contributed by atoms with van der Waals surface area (Å²) in [7, 11) is 0. The Morgan fingerprint density at radius 1 is 1.36 bits per heavy atom. The fraction of sp³-hybridized carbons (Fsp3) is 0.278. The van der Waals surface area contributed by atoms with Gasteiger partial charge in [-0.15, -0.1) is 11.3 Å². The molecule has 128 valence electrons. The summed E-state index contributed by atoms with van der Waals surface area (Å²) in [6.07, 6.45) is 4.37. The lowest BCUT2D eigenvalue weighted by atomic mass is 9.72. The van der Waals surface area contributed by atoms with Crippen LogP contribution >= 0.6 is 11.3 Å². The van der Waals surface area contributed by atoms with Crippen molar-refractivity contribution in [2.75, 3.05) is 18.4 Å². The third-order valence-corrected chi connectivity index (χ3v) is 5.65. The van der Waals surface area contributed by atoms with Crippen LogP contribution in [0.15, 0.2) is 48.1 Å². The molecule has 1 aliphatic rings. The van der Waals surface area contributed by atoms with E-state index in [1.54, 1.807) is 12.4 Å². The highest BCUT2D eigenvalue weighted by Crippen LogP contribution is 2.38. The number of thiazole rings is 1. The van der Waals surface area contributed by atoms with Crippen molar-refractivity contribution in [2.45, 2.75) is 18.8 Å². The maximum atomic E-state index is 12.6. The van der Waals surface area contributed by atoms with Crippen molar-refractivity contribution in [1.29, 1.82) is 0 Å². The van der Waals surface area contributed by atoms with Gasteiger partial charge in [0.2, 0.25) is 0 Å². The Morgan fingerprint density at radius 2 is 2.16 bits per heavy atom. The fourth-order valence-corrected chi connectivity index (χ4v) is 3.96. The molecule has 7 heteroatoms. The fourth-order valence-electron chi connectivity index (χ4n) is 3.32. The summed E-state index contributed by atoms with van der Waals surface area (Å²) in [5.41, 5.74) is 2.77. The minimum Gasteiger partial charge on any atom is -0.323 e. The number of benzene rings is 1.